The fourth-order valence-corrected chi connectivity index (χ4v) is 1.83. The van der Waals surface area contributed by atoms with Crippen LogP contribution in [0.25, 0.3) is 0 Å². The number of hydrogen-bond acceptors (Lipinski definition) is 2. The van der Waals surface area contributed by atoms with E-state index in [4.69, 9.17) is 4.74 Å². The van der Waals surface area contributed by atoms with Crippen LogP contribution in [0.5, 0.6) is 0 Å². The van der Waals surface area contributed by atoms with E-state index in [2.05, 4.69) is 56.4 Å². The Hall–Kier alpha value is -0.860. The molecule has 0 fully saturated rings. The van der Waals surface area contributed by atoms with Gasteiger partial charge in [0.2, 0.25) is 0 Å². The second kappa shape index (κ2) is 6.77. The summed E-state index contributed by atoms with van der Waals surface area (Å²) in [6, 6.07) is 11.0. The Morgan fingerprint density at radius 3 is 2.35 bits per heavy atom. The SMILES string of the molecule is CNC(CCCOC(C)(C)C)c1ccccc1. The molecule has 17 heavy (non-hydrogen) atoms. The maximum absolute atomic E-state index is 5.73. The minimum Gasteiger partial charge on any atom is -0.376 e. The zero-order valence-corrected chi connectivity index (χ0v) is 11.5. The van der Waals surface area contributed by atoms with E-state index in [1.165, 1.54) is 5.56 Å². The van der Waals surface area contributed by atoms with E-state index in [-0.39, 0.29) is 5.60 Å². The van der Waals surface area contributed by atoms with Crippen molar-refractivity contribution in [1.29, 1.82) is 0 Å². The molecule has 2 heteroatoms. The van der Waals surface area contributed by atoms with E-state index in [9.17, 15) is 0 Å². The molecule has 2 nitrogen and oxygen atoms in total. The first-order valence-electron chi connectivity index (χ1n) is 6.39. The van der Waals surface area contributed by atoms with E-state index in [1.54, 1.807) is 0 Å². The summed E-state index contributed by atoms with van der Waals surface area (Å²) in [6.45, 7) is 7.12. The van der Waals surface area contributed by atoms with Crippen molar-refractivity contribution in [2.24, 2.45) is 0 Å². The lowest BCUT2D eigenvalue weighted by Gasteiger charge is -2.21. The maximum Gasteiger partial charge on any atom is 0.0598 e. The molecule has 0 amide bonds. The van der Waals surface area contributed by atoms with E-state index >= 15 is 0 Å². The summed E-state index contributed by atoms with van der Waals surface area (Å²) < 4.78 is 5.73. The molecule has 0 aliphatic carbocycles. The first-order chi connectivity index (χ1) is 8.03. The van der Waals surface area contributed by atoms with Gasteiger partial charge < -0.3 is 10.1 Å². The van der Waals surface area contributed by atoms with Crippen LogP contribution < -0.4 is 5.32 Å². The predicted molar refractivity (Wildman–Crippen MR) is 73.2 cm³/mol. The van der Waals surface area contributed by atoms with Gasteiger partial charge in [-0.05, 0) is 46.2 Å². The smallest absolute Gasteiger partial charge is 0.0598 e. The summed E-state index contributed by atoms with van der Waals surface area (Å²) in [5.41, 5.74) is 1.33. The topological polar surface area (TPSA) is 21.3 Å². The van der Waals surface area contributed by atoms with Gasteiger partial charge in [0.05, 0.1) is 5.60 Å². The third-order valence-corrected chi connectivity index (χ3v) is 2.72. The Bertz CT molecular complexity index is 302. The van der Waals surface area contributed by atoms with Crippen LogP contribution in [0.4, 0.5) is 0 Å². The standard InChI is InChI=1S/C15H25NO/c1-15(2,3)17-12-8-11-14(16-4)13-9-6-5-7-10-13/h5-7,9-10,14,16H,8,11-12H2,1-4H3. The quantitative estimate of drug-likeness (QED) is 0.761. The molecule has 96 valence electrons. The van der Waals surface area contributed by atoms with E-state index in [0.717, 1.165) is 19.4 Å². The van der Waals surface area contributed by atoms with Gasteiger partial charge in [0.1, 0.15) is 0 Å². The molecule has 1 unspecified atom stereocenters. The molecule has 1 N–H and O–H groups in total. The third kappa shape index (κ3) is 5.85. The molecular weight excluding hydrogens is 210 g/mol. The van der Waals surface area contributed by atoms with Gasteiger partial charge in [-0.15, -0.1) is 0 Å². The van der Waals surface area contributed by atoms with Crippen molar-refractivity contribution in [1.82, 2.24) is 5.32 Å². The number of rotatable bonds is 6. The first kappa shape index (κ1) is 14.2. The number of ether oxygens (including phenoxy) is 1. The molecule has 0 radical (unpaired) electrons. The minimum atomic E-state index is -0.0259. The Kier molecular flexibility index (Phi) is 5.66. The zero-order chi connectivity index (χ0) is 12.7. The lowest BCUT2D eigenvalue weighted by atomic mass is 10.0. The third-order valence-electron chi connectivity index (χ3n) is 2.72. The lowest BCUT2D eigenvalue weighted by molar-refractivity contribution is -0.00533. The van der Waals surface area contributed by atoms with Gasteiger partial charge in [0.25, 0.3) is 0 Å². The van der Waals surface area contributed by atoms with Crippen LogP contribution in [0.15, 0.2) is 30.3 Å². The minimum absolute atomic E-state index is 0.0259. The maximum atomic E-state index is 5.73. The van der Waals surface area contributed by atoms with Crippen LogP contribution in [0.1, 0.15) is 45.2 Å². The molecule has 0 saturated carbocycles. The Labute approximate surface area is 105 Å². The van der Waals surface area contributed by atoms with Crippen molar-refractivity contribution in [2.75, 3.05) is 13.7 Å². The number of hydrogen-bond donors (Lipinski definition) is 1. The highest BCUT2D eigenvalue weighted by molar-refractivity contribution is 5.18. The van der Waals surface area contributed by atoms with Crippen molar-refractivity contribution in [3.05, 3.63) is 35.9 Å². The predicted octanol–water partition coefficient (Wildman–Crippen LogP) is 3.54. The van der Waals surface area contributed by atoms with Gasteiger partial charge in [-0.3, -0.25) is 0 Å². The van der Waals surface area contributed by atoms with Gasteiger partial charge in [0, 0.05) is 12.6 Å². The summed E-state index contributed by atoms with van der Waals surface area (Å²) in [5.74, 6) is 0. The molecule has 0 aliphatic rings. The molecule has 1 atom stereocenters. The Morgan fingerprint density at radius 1 is 1.18 bits per heavy atom. The molecule has 0 spiro atoms. The summed E-state index contributed by atoms with van der Waals surface area (Å²) in [7, 11) is 2.02. The molecule has 1 aromatic rings. The van der Waals surface area contributed by atoms with Crippen LogP contribution in [-0.4, -0.2) is 19.3 Å². The van der Waals surface area contributed by atoms with Crippen molar-refractivity contribution >= 4 is 0 Å². The van der Waals surface area contributed by atoms with Crippen molar-refractivity contribution in [3.63, 3.8) is 0 Å². The van der Waals surface area contributed by atoms with Crippen LogP contribution in [0, 0.1) is 0 Å². The average Bonchev–Trinajstić information content (AvgIpc) is 2.29. The van der Waals surface area contributed by atoms with Gasteiger partial charge in [-0.25, -0.2) is 0 Å². The van der Waals surface area contributed by atoms with Crippen molar-refractivity contribution in [2.45, 2.75) is 45.3 Å². The highest BCUT2D eigenvalue weighted by Crippen LogP contribution is 2.18. The highest BCUT2D eigenvalue weighted by Gasteiger charge is 2.11. The lowest BCUT2D eigenvalue weighted by Crippen LogP contribution is -2.21. The summed E-state index contributed by atoms with van der Waals surface area (Å²) in [5, 5.41) is 3.36. The van der Waals surface area contributed by atoms with Gasteiger partial charge >= 0.3 is 0 Å². The summed E-state index contributed by atoms with van der Waals surface area (Å²) >= 11 is 0. The Balaban J connectivity index is 2.34. The summed E-state index contributed by atoms with van der Waals surface area (Å²) in [4.78, 5) is 0. The second-order valence-corrected chi connectivity index (χ2v) is 5.36. The largest absolute Gasteiger partial charge is 0.376 e. The highest BCUT2D eigenvalue weighted by atomic mass is 16.5. The summed E-state index contributed by atoms with van der Waals surface area (Å²) in [6.07, 6.45) is 2.19. The van der Waals surface area contributed by atoms with E-state index in [1.807, 2.05) is 7.05 Å². The van der Waals surface area contributed by atoms with E-state index < -0.39 is 0 Å². The fourth-order valence-electron chi connectivity index (χ4n) is 1.83. The van der Waals surface area contributed by atoms with Gasteiger partial charge in [-0.2, -0.15) is 0 Å². The molecule has 1 aromatic carbocycles. The number of nitrogens with one attached hydrogen (secondary N) is 1. The van der Waals surface area contributed by atoms with Gasteiger partial charge in [-0.1, -0.05) is 30.3 Å². The van der Waals surface area contributed by atoms with Gasteiger partial charge in [0.15, 0.2) is 0 Å². The van der Waals surface area contributed by atoms with Crippen LogP contribution in [0.2, 0.25) is 0 Å². The molecule has 0 saturated heterocycles. The Morgan fingerprint density at radius 2 is 1.82 bits per heavy atom. The van der Waals surface area contributed by atoms with Crippen molar-refractivity contribution < 1.29 is 4.74 Å². The normalized spacial score (nSPS) is 13.6. The van der Waals surface area contributed by atoms with E-state index in [0.29, 0.717) is 6.04 Å². The van der Waals surface area contributed by atoms with Crippen LogP contribution in [0.3, 0.4) is 0 Å². The molecule has 0 bridgehead atoms. The number of benzene rings is 1. The second-order valence-electron chi connectivity index (χ2n) is 5.36. The zero-order valence-electron chi connectivity index (χ0n) is 11.5. The molecule has 0 aliphatic heterocycles. The van der Waals surface area contributed by atoms with Crippen molar-refractivity contribution in [3.8, 4) is 0 Å². The molecular formula is C15H25NO. The average molecular weight is 235 g/mol. The first-order valence-corrected chi connectivity index (χ1v) is 6.39. The molecule has 0 aromatic heterocycles. The van der Waals surface area contributed by atoms with Crippen LogP contribution in [-0.2, 0) is 4.74 Å². The molecule has 0 heterocycles. The fraction of sp³-hybridized carbons (Fsp3) is 0.600. The van der Waals surface area contributed by atoms with Crippen LogP contribution >= 0.6 is 0 Å². The monoisotopic (exact) mass is 235 g/mol. The molecule has 1 rings (SSSR count).